The highest BCUT2D eigenvalue weighted by atomic mass is 35.5. The first-order valence-electron chi connectivity index (χ1n) is 5.38. The third kappa shape index (κ3) is 3.69. The first-order valence-corrected chi connectivity index (χ1v) is 5.76. The Morgan fingerprint density at radius 1 is 1.47 bits per heavy atom. The van der Waals surface area contributed by atoms with Gasteiger partial charge < -0.3 is 5.32 Å². The van der Waals surface area contributed by atoms with Gasteiger partial charge in [0, 0.05) is 11.1 Å². The molecule has 0 radical (unpaired) electrons. The minimum absolute atomic E-state index is 0.335. The topological polar surface area (TPSA) is 12.0 Å². The number of hydrogen-bond acceptors (Lipinski definition) is 1. The van der Waals surface area contributed by atoms with Crippen LogP contribution in [-0.2, 0) is 0 Å². The van der Waals surface area contributed by atoms with Crippen LogP contribution >= 0.6 is 11.6 Å². The van der Waals surface area contributed by atoms with Gasteiger partial charge in [-0.25, -0.2) is 0 Å². The third-order valence-electron chi connectivity index (χ3n) is 2.39. The van der Waals surface area contributed by atoms with E-state index in [9.17, 15) is 0 Å². The molecule has 0 aromatic heterocycles. The largest absolute Gasteiger partial charge is 0.310 e. The van der Waals surface area contributed by atoms with Gasteiger partial charge in [0.2, 0.25) is 0 Å². The normalized spacial score (nSPS) is 12.4. The van der Waals surface area contributed by atoms with Crippen molar-refractivity contribution in [3.05, 3.63) is 47.5 Å². The maximum Gasteiger partial charge on any atom is 0.0453 e. The Morgan fingerprint density at radius 2 is 2.20 bits per heavy atom. The van der Waals surface area contributed by atoms with Gasteiger partial charge in [-0.15, -0.1) is 6.58 Å². The Hall–Kier alpha value is -0.790. The number of allylic oxidation sites excluding steroid dienone is 1. The van der Waals surface area contributed by atoms with E-state index in [0.29, 0.717) is 6.04 Å². The Labute approximate surface area is 97.1 Å². The summed E-state index contributed by atoms with van der Waals surface area (Å²) < 4.78 is 0. The van der Waals surface area contributed by atoms with Gasteiger partial charge in [-0.2, -0.15) is 0 Å². The number of rotatable bonds is 6. The van der Waals surface area contributed by atoms with E-state index < -0.39 is 0 Å². The average Bonchev–Trinajstić information content (AvgIpc) is 2.25. The Morgan fingerprint density at radius 3 is 2.80 bits per heavy atom. The molecule has 1 unspecified atom stereocenters. The molecule has 0 spiro atoms. The molecule has 1 rings (SSSR count). The smallest absolute Gasteiger partial charge is 0.0453 e. The van der Waals surface area contributed by atoms with Crippen LogP contribution in [-0.4, -0.2) is 6.54 Å². The number of hydrogen-bond donors (Lipinski definition) is 1. The lowest BCUT2D eigenvalue weighted by molar-refractivity contribution is 0.520. The fourth-order valence-electron chi connectivity index (χ4n) is 1.66. The maximum atomic E-state index is 6.17. The minimum Gasteiger partial charge on any atom is -0.310 e. The summed E-state index contributed by atoms with van der Waals surface area (Å²) in [6.45, 7) is 6.81. The summed E-state index contributed by atoms with van der Waals surface area (Å²) in [4.78, 5) is 0. The molecule has 1 aromatic carbocycles. The second kappa shape index (κ2) is 6.65. The highest BCUT2D eigenvalue weighted by Crippen LogP contribution is 2.25. The number of benzene rings is 1. The molecule has 0 fully saturated rings. The molecule has 0 saturated heterocycles. The third-order valence-corrected chi connectivity index (χ3v) is 2.73. The molecule has 0 heterocycles. The highest BCUT2D eigenvalue weighted by molar-refractivity contribution is 6.31. The molecule has 15 heavy (non-hydrogen) atoms. The van der Waals surface area contributed by atoms with Crippen molar-refractivity contribution in [3.8, 4) is 0 Å². The Bertz CT molecular complexity index is 309. The van der Waals surface area contributed by atoms with Crippen LogP contribution < -0.4 is 5.32 Å². The molecule has 0 amide bonds. The van der Waals surface area contributed by atoms with Gasteiger partial charge in [0.1, 0.15) is 0 Å². The van der Waals surface area contributed by atoms with Gasteiger partial charge in [-0.05, 0) is 31.0 Å². The lowest BCUT2D eigenvalue weighted by Crippen LogP contribution is -2.20. The van der Waals surface area contributed by atoms with Crippen LogP contribution in [0.4, 0.5) is 0 Å². The summed E-state index contributed by atoms with van der Waals surface area (Å²) in [6, 6.07) is 8.34. The predicted molar refractivity (Wildman–Crippen MR) is 67.3 cm³/mol. The van der Waals surface area contributed by atoms with E-state index in [0.717, 1.165) is 24.4 Å². The van der Waals surface area contributed by atoms with Gasteiger partial charge in [0.05, 0.1) is 0 Å². The van der Waals surface area contributed by atoms with E-state index in [1.807, 2.05) is 24.3 Å². The van der Waals surface area contributed by atoms with Crippen molar-refractivity contribution >= 4 is 11.6 Å². The molecule has 2 heteroatoms. The first-order chi connectivity index (χ1) is 7.29. The van der Waals surface area contributed by atoms with Crippen molar-refractivity contribution in [2.75, 3.05) is 6.54 Å². The van der Waals surface area contributed by atoms with Gasteiger partial charge in [0.25, 0.3) is 0 Å². The molecule has 1 nitrogen and oxygen atoms in total. The Balaban J connectivity index is 2.78. The van der Waals surface area contributed by atoms with Crippen LogP contribution in [0, 0.1) is 0 Å². The van der Waals surface area contributed by atoms with Gasteiger partial charge in [-0.1, -0.05) is 42.8 Å². The summed E-state index contributed by atoms with van der Waals surface area (Å²) in [5.74, 6) is 0. The molecule has 0 bridgehead atoms. The zero-order chi connectivity index (χ0) is 11.1. The molecule has 0 aliphatic rings. The van der Waals surface area contributed by atoms with E-state index in [2.05, 4.69) is 24.9 Å². The molecule has 82 valence electrons. The van der Waals surface area contributed by atoms with E-state index >= 15 is 0 Å². The summed E-state index contributed by atoms with van der Waals surface area (Å²) in [5.41, 5.74) is 1.18. The molecule has 1 aromatic rings. The highest BCUT2D eigenvalue weighted by Gasteiger charge is 2.11. The standard InChI is InChI=1S/C13H18ClN/c1-3-5-10-13(15-4-2)11-8-6-7-9-12(11)14/h3,6-9,13,15H,1,4-5,10H2,2H3. The van der Waals surface area contributed by atoms with Crippen LogP contribution in [0.3, 0.4) is 0 Å². The van der Waals surface area contributed by atoms with Gasteiger partial charge >= 0.3 is 0 Å². The molecular weight excluding hydrogens is 206 g/mol. The first kappa shape index (κ1) is 12.3. The zero-order valence-electron chi connectivity index (χ0n) is 9.17. The van der Waals surface area contributed by atoms with Crippen molar-refractivity contribution in [1.82, 2.24) is 5.32 Å². The fraction of sp³-hybridized carbons (Fsp3) is 0.385. The van der Waals surface area contributed by atoms with Crippen molar-refractivity contribution in [3.63, 3.8) is 0 Å². The van der Waals surface area contributed by atoms with Crippen LogP contribution in [0.15, 0.2) is 36.9 Å². The molecular formula is C13H18ClN. The second-order valence-corrected chi connectivity index (χ2v) is 3.91. The summed E-state index contributed by atoms with van der Waals surface area (Å²) in [6.07, 6.45) is 3.99. The summed E-state index contributed by atoms with van der Waals surface area (Å²) in [7, 11) is 0. The fourth-order valence-corrected chi connectivity index (χ4v) is 1.92. The Kier molecular flexibility index (Phi) is 5.44. The monoisotopic (exact) mass is 223 g/mol. The van der Waals surface area contributed by atoms with E-state index in [-0.39, 0.29) is 0 Å². The zero-order valence-corrected chi connectivity index (χ0v) is 9.93. The van der Waals surface area contributed by atoms with E-state index in [1.165, 1.54) is 5.56 Å². The number of nitrogens with one attached hydrogen (secondary N) is 1. The van der Waals surface area contributed by atoms with Gasteiger partial charge in [0.15, 0.2) is 0 Å². The van der Waals surface area contributed by atoms with E-state index in [1.54, 1.807) is 0 Å². The number of halogens is 1. The average molecular weight is 224 g/mol. The lowest BCUT2D eigenvalue weighted by atomic mass is 10.0. The van der Waals surface area contributed by atoms with Crippen LogP contribution in [0.5, 0.6) is 0 Å². The van der Waals surface area contributed by atoms with Crippen LogP contribution in [0.25, 0.3) is 0 Å². The lowest BCUT2D eigenvalue weighted by Gasteiger charge is -2.18. The predicted octanol–water partition coefficient (Wildman–Crippen LogP) is 3.96. The van der Waals surface area contributed by atoms with Crippen molar-refractivity contribution < 1.29 is 0 Å². The van der Waals surface area contributed by atoms with E-state index in [4.69, 9.17) is 11.6 Å². The molecule has 1 atom stereocenters. The molecule has 0 saturated carbocycles. The second-order valence-electron chi connectivity index (χ2n) is 3.50. The quantitative estimate of drug-likeness (QED) is 0.720. The van der Waals surface area contributed by atoms with Crippen LogP contribution in [0.1, 0.15) is 31.4 Å². The molecule has 0 aliphatic carbocycles. The van der Waals surface area contributed by atoms with Crippen molar-refractivity contribution in [2.24, 2.45) is 0 Å². The molecule has 1 N–H and O–H groups in total. The van der Waals surface area contributed by atoms with Gasteiger partial charge in [-0.3, -0.25) is 0 Å². The van der Waals surface area contributed by atoms with Crippen molar-refractivity contribution in [2.45, 2.75) is 25.8 Å². The minimum atomic E-state index is 0.335. The summed E-state index contributed by atoms with van der Waals surface area (Å²) in [5, 5.41) is 4.28. The van der Waals surface area contributed by atoms with Crippen molar-refractivity contribution in [1.29, 1.82) is 0 Å². The maximum absolute atomic E-state index is 6.17. The molecule has 0 aliphatic heterocycles. The van der Waals surface area contributed by atoms with Crippen LogP contribution in [0.2, 0.25) is 5.02 Å². The summed E-state index contributed by atoms with van der Waals surface area (Å²) >= 11 is 6.17. The SMILES string of the molecule is C=CCCC(NCC)c1ccccc1Cl.